The maximum Gasteiger partial charge on any atom is 0.171 e. The zero-order chi connectivity index (χ0) is 11.4. The smallest absolute Gasteiger partial charge is 0.171 e. The van der Waals surface area contributed by atoms with E-state index in [0.29, 0.717) is 38.9 Å². The normalized spacial score (nSPS) is 46.2. The van der Waals surface area contributed by atoms with Gasteiger partial charge in [-0.15, -0.1) is 0 Å². The van der Waals surface area contributed by atoms with E-state index in [1.54, 1.807) is 0 Å². The molecule has 3 aliphatic rings. The second-order valence-corrected chi connectivity index (χ2v) is 5.57. The molecule has 3 fully saturated rings. The van der Waals surface area contributed by atoms with Crippen molar-refractivity contribution < 1.29 is 19.4 Å². The highest BCUT2D eigenvalue weighted by molar-refractivity contribution is 5.88. The summed E-state index contributed by atoms with van der Waals surface area (Å²) >= 11 is 0. The molecule has 90 valence electrons. The Labute approximate surface area is 94.9 Å². The molecule has 0 aromatic carbocycles. The molecule has 0 radical (unpaired) electrons. The lowest BCUT2D eigenvalue weighted by Crippen LogP contribution is -2.56. The van der Waals surface area contributed by atoms with E-state index < -0.39 is 16.8 Å². The Bertz CT molecular complexity index is 334. The quantitative estimate of drug-likeness (QED) is 0.670. The highest BCUT2D eigenvalue weighted by Crippen LogP contribution is 2.56. The Kier molecular flexibility index (Phi) is 2.04. The molecule has 16 heavy (non-hydrogen) atoms. The number of carbonyl (C=O) groups is 1. The van der Waals surface area contributed by atoms with Crippen LogP contribution in [0.2, 0.25) is 0 Å². The van der Waals surface area contributed by atoms with E-state index in [1.807, 2.05) is 6.92 Å². The summed E-state index contributed by atoms with van der Waals surface area (Å²) in [5.41, 5.74) is -1.50. The van der Waals surface area contributed by atoms with Gasteiger partial charge in [0, 0.05) is 19.3 Å². The summed E-state index contributed by atoms with van der Waals surface area (Å²) in [5, 5.41) is 10.7. The maximum absolute atomic E-state index is 11.9. The van der Waals surface area contributed by atoms with Crippen LogP contribution in [-0.2, 0) is 14.3 Å². The zero-order valence-corrected chi connectivity index (χ0v) is 9.62. The molecular weight excluding hydrogens is 208 g/mol. The van der Waals surface area contributed by atoms with Gasteiger partial charge in [0.05, 0.1) is 24.2 Å². The molecule has 3 rings (SSSR count). The van der Waals surface area contributed by atoms with Crippen LogP contribution in [0.15, 0.2) is 0 Å². The molecule has 0 amide bonds. The van der Waals surface area contributed by atoms with Crippen molar-refractivity contribution in [3.05, 3.63) is 0 Å². The highest BCUT2D eigenvalue weighted by atomic mass is 16.7. The molecular formula is C12H18O4. The number of Topliss-reactive ketones (excluding diaryl/α,β-unsaturated/α-hetero) is 1. The molecule has 2 atom stereocenters. The number of ketones is 1. The Morgan fingerprint density at radius 2 is 1.88 bits per heavy atom. The van der Waals surface area contributed by atoms with Crippen molar-refractivity contribution in [2.45, 2.75) is 50.4 Å². The van der Waals surface area contributed by atoms with Gasteiger partial charge in [0.25, 0.3) is 0 Å². The second-order valence-electron chi connectivity index (χ2n) is 5.57. The summed E-state index contributed by atoms with van der Waals surface area (Å²) in [6, 6.07) is 0. The third-order valence-corrected chi connectivity index (χ3v) is 4.79. The maximum atomic E-state index is 11.9. The summed E-state index contributed by atoms with van der Waals surface area (Å²) in [4.78, 5) is 11.9. The number of rotatable bonds is 0. The van der Waals surface area contributed by atoms with Crippen molar-refractivity contribution in [2.24, 2.45) is 5.41 Å². The molecule has 2 saturated carbocycles. The molecule has 1 aliphatic heterocycles. The predicted octanol–water partition coefficient (Wildman–Crippen LogP) is 1.01. The van der Waals surface area contributed by atoms with Crippen LogP contribution in [0.3, 0.4) is 0 Å². The Morgan fingerprint density at radius 1 is 1.19 bits per heavy atom. The Balaban J connectivity index is 1.92. The van der Waals surface area contributed by atoms with Crippen molar-refractivity contribution >= 4 is 5.78 Å². The summed E-state index contributed by atoms with van der Waals surface area (Å²) in [6.07, 6.45) is 2.88. The van der Waals surface area contributed by atoms with E-state index in [9.17, 15) is 9.90 Å². The number of ether oxygens (including phenoxy) is 2. The van der Waals surface area contributed by atoms with Crippen molar-refractivity contribution in [2.75, 3.05) is 13.2 Å². The number of hydrogen-bond acceptors (Lipinski definition) is 4. The van der Waals surface area contributed by atoms with Crippen LogP contribution in [0.5, 0.6) is 0 Å². The third kappa shape index (κ3) is 1.18. The molecule has 0 aromatic heterocycles. The number of fused-ring (bicyclic) bond motifs is 1. The van der Waals surface area contributed by atoms with E-state index in [4.69, 9.17) is 9.47 Å². The van der Waals surface area contributed by atoms with E-state index in [2.05, 4.69) is 0 Å². The summed E-state index contributed by atoms with van der Waals surface area (Å²) in [5.74, 6) is -0.415. The van der Waals surface area contributed by atoms with Crippen LogP contribution in [0.1, 0.15) is 39.0 Å². The Morgan fingerprint density at radius 3 is 2.56 bits per heavy atom. The van der Waals surface area contributed by atoms with E-state index in [0.717, 1.165) is 6.42 Å². The van der Waals surface area contributed by atoms with Gasteiger partial charge in [-0.1, -0.05) is 0 Å². The van der Waals surface area contributed by atoms with Crippen LogP contribution in [-0.4, -0.2) is 35.5 Å². The molecule has 1 saturated heterocycles. The fourth-order valence-corrected chi connectivity index (χ4v) is 3.51. The standard InChI is InChI=1S/C12H18O4/c1-10-4-5-12(15-6-7-16-12)8-11(10,14)3-2-9(10)13/h14H,2-8H2,1H3/t10-,11+/m1/s1. The van der Waals surface area contributed by atoms with Gasteiger partial charge in [-0.2, -0.15) is 0 Å². The summed E-state index contributed by atoms with van der Waals surface area (Å²) < 4.78 is 11.3. The van der Waals surface area contributed by atoms with Crippen molar-refractivity contribution in [3.8, 4) is 0 Å². The topological polar surface area (TPSA) is 55.8 Å². The van der Waals surface area contributed by atoms with E-state index >= 15 is 0 Å². The first kappa shape index (κ1) is 10.7. The first-order valence-electron chi connectivity index (χ1n) is 6.03. The molecule has 4 heteroatoms. The lowest BCUT2D eigenvalue weighted by atomic mass is 9.64. The lowest BCUT2D eigenvalue weighted by molar-refractivity contribution is -0.241. The number of aliphatic hydroxyl groups is 1. The van der Waals surface area contributed by atoms with Gasteiger partial charge in [-0.3, -0.25) is 4.79 Å². The Hall–Kier alpha value is -0.450. The molecule has 1 spiro atoms. The minimum atomic E-state index is -0.924. The first-order chi connectivity index (χ1) is 7.50. The highest BCUT2D eigenvalue weighted by Gasteiger charge is 2.63. The molecule has 0 aromatic rings. The van der Waals surface area contributed by atoms with Gasteiger partial charge < -0.3 is 14.6 Å². The largest absolute Gasteiger partial charge is 0.389 e. The first-order valence-corrected chi connectivity index (χ1v) is 6.03. The fourth-order valence-electron chi connectivity index (χ4n) is 3.51. The number of carbonyl (C=O) groups excluding carboxylic acids is 1. The van der Waals surface area contributed by atoms with Crippen LogP contribution < -0.4 is 0 Å². The zero-order valence-electron chi connectivity index (χ0n) is 9.62. The van der Waals surface area contributed by atoms with Crippen LogP contribution in [0.4, 0.5) is 0 Å². The van der Waals surface area contributed by atoms with Gasteiger partial charge in [0.15, 0.2) is 5.79 Å². The van der Waals surface area contributed by atoms with Crippen molar-refractivity contribution in [1.82, 2.24) is 0 Å². The van der Waals surface area contributed by atoms with Gasteiger partial charge in [0.1, 0.15) is 5.78 Å². The fraction of sp³-hybridized carbons (Fsp3) is 0.917. The molecule has 1 heterocycles. The van der Waals surface area contributed by atoms with E-state index in [-0.39, 0.29) is 5.78 Å². The van der Waals surface area contributed by atoms with Gasteiger partial charge >= 0.3 is 0 Å². The monoisotopic (exact) mass is 226 g/mol. The number of hydrogen-bond donors (Lipinski definition) is 1. The van der Waals surface area contributed by atoms with Crippen LogP contribution in [0.25, 0.3) is 0 Å². The molecule has 1 N–H and O–H groups in total. The van der Waals surface area contributed by atoms with Crippen LogP contribution >= 0.6 is 0 Å². The minimum Gasteiger partial charge on any atom is -0.389 e. The second kappa shape index (κ2) is 3.06. The lowest BCUT2D eigenvalue weighted by Gasteiger charge is -2.48. The van der Waals surface area contributed by atoms with Crippen LogP contribution in [0, 0.1) is 5.41 Å². The molecule has 0 unspecified atom stereocenters. The molecule has 4 nitrogen and oxygen atoms in total. The van der Waals surface area contributed by atoms with Crippen molar-refractivity contribution in [3.63, 3.8) is 0 Å². The minimum absolute atomic E-state index is 0.197. The van der Waals surface area contributed by atoms with Crippen molar-refractivity contribution in [1.29, 1.82) is 0 Å². The van der Waals surface area contributed by atoms with E-state index in [1.165, 1.54) is 0 Å². The SMILES string of the molecule is C[C@]12CCC3(C[C@@]1(O)CCC2=O)OCCO3. The molecule has 0 bridgehead atoms. The average molecular weight is 226 g/mol. The average Bonchev–Trinajstić information content (AvgIpc) is 2.77. The summed E-state index contributed by atoms with van der Waals surface area (Å²) in [7, 11) is 0. The third-order valence-electron chi connectivity index (χ3n) is 4.79. The van der Waals surface area contributed by atoms with Gasteiger partial charge in [-0.25, -0.2) is 0 Å². The molecule has 2 aliphatic carbocycles. The summed E-state index contributed by atoms with van der Waals surface area (Å²) in [6.45, 7) is 3.09. The predicted molar refractivity (Wildman–Crippen MR) is 55.8 cm³/mol. The van der Waals surface area contributed by atoms with Gasteiger partial charge in [-0.05, 0) is 19.8 Å². The van der Waals surface area contributed by atoms with Gasteiger partial charge in [0.2, 0.25) is 0 Å².